The normalized spacial score (nSPS) is 10.4. The number of rotatable bonds is 2. The van der Waals surface area contributed by atoms with E-state index in [1.54, 1.807) is 0 Å². The number of ether oxygens (including phenoxy) is 1. The van der Waals surface area contributed by atoms with E-state index in [0.29, 0.717) is 0 Å². The molecule has 0 aliphatic heterocycles. The highest BCUT2D eigenvalue weighted by atomic mass is 16.5. The molecule has 0 fully saturated rings. The molecule has 2 nitrogen and oxygen atoms in total. The van der Waals surface area contributed by atoms with Crippen LogP contribution in [0.3, 0.4) is 0 Å². The van der Waals surface area contributed by atoms with E-state index in [9.17, 15) is 0 Å². The molecule has 0 atom stereocenters. The number of anilines is 1. The van der Waals surface area contributed by atoms with E-state index in [2.05, 4.69) is 32.9 Å². The Bertz CT molecular complexity index is 568. The molecule has 0 heterocycles. The molecule has 0 saturated heterocycles. The van der Waals surface area contributed by atoms with Crippen molar-refractivity contribution in [1.29, 1.82) is 0 Å². The molecule has 18 heavy (non-hydrogen) atoms. The molecule has 0 saturated carbocycles. The second kappa shape index (κ2) is 4.73. The average Bonchev–Trinajstić information content (AvgIpc) is 2.23. The highest BCUT2D eigenvalue weighted by molar-refractivity contribution is 5.50. The monoisotopic (exact) mass is 241 g/mol. The zero-order chi connectivity index (χ0) is 13.3. The summed E-state index contributed by atoms with van der Waals surface area (Å²) in [5, 5.41) is 0. The molecule has 0 aliphatic carbocycles. The van der Waals surface area contributed by atoms with Crippen molar-refractivity contribution < 1.29 is 4.74 Å². The van der Waals surface area contributed by atoms with Gasteiger partial charge < -0.3 is 10.5 Å². The summed E-state index contributed by atoms with van der Waals surface area (Å²) >= 11 is 0. The summed E-state index contributed by atoms with van der Waals surface area (Å²) in [5.41, 5.74) is 11.3. The van der Waals surface area contributed by atoms with E-state index < -0.39 is 0 Å². The van der Waals surface area contributed by atoms with Gasteiger partial charge in [-0.2, -0.15) is 0 Å². The molecule has 0 radical (unpaired) electrons. The Labute approximate surface area is 108 Å². The first-order chi connectivity index (χ1) is 8.45. The van der Waals surface area contributed by atoms with Crippen molar-refractivity contribution in [3.63, 3.8) is 0 Å². The van der Waals surface area contributed by atoms with Crippen LogP contribution < -0.4 is 10.5 Å². The minimum atomic E-state index is 0.729. The van der Waals surface area contributed by atoms with Gasteiger partial charge in [-0.15, -0.1) is 0 Å². The largest absolute Gasteiger partial charge is 0.457 e. The number of nitrogen functional groups attached to an aromatic ring is 1. The van der Waals surface area contributed by atoms with Gasteiger partial charge in [-0.25, -0.2) is 0 Å². The topological polar surface area (TPSA) is 35.2 Å². The lowest BCUT2D eigenvalue weighted by Gasteiger charge is -2.13. The summed E-state index contributed by atoms with van der Waals surface area (Å²) in [7, 11) is 0. The van der Waals surface area contributed by atoms with Crippen molar-refractivity contribution in [3.05, 3.63) is 52.6 Å². The van der Waals surface area contributed by atoms with Gasteiger partial charge in [-0.1, -0.05) is 6.07 Å². The smallest absolute Gasteiger partial charge is 0.130 e. The Balaban J connectivity index is 2.39. The lowest BCUT2D eigenvalue weighted by atomic mass is 10.1. The molecule has 2 N–H and O–H groups in total. The highest BCUT2D eigenvalue weighted by Crippen LogP contribution is 2.30. The maximum atomic E-state index is 5.95. The second-order valence-corrected chi connectivity index (χ2v) is 4.89. The third-order valence-electron chi connectivity index (χ3n) is 3.07. The number of benzene rings is 2. The van der Waals surface area contributed by atoms with Gasteiger partial charge >= 0.3 is 0 Å². The van der Waals surface area contributed by atoms with Gasteiger partial charge in [0.2, 0.25) is 0 Å². The maximum absolute atomic E-state index is 5.95. The van der Waals surface area contributed by atoms with Crippen LogP contribution in [0.4, 0.5) is 5.69 Å². The van der Waals surface area contributed by atoms with Crippen LogP contribution >= 0.6 is 0 Å². The molecule has 0 amide bonds. The zero-order valence-corrected chi connectivity index (χ0v) is 11.4. The van der Waals surface area contributed by atoms with Crippen LogP contribution in [0.5, 0.6) is 11.5 Å². The van der Waals surface area contributed by atoms with Crippen LogP contribution in [0.2, 0.25) is 0 Å². The first-order valence-electron chi connectivity index (χ1n) is 6.08. The van der Waals surface area contributed by atoms with E-state index in [0.717, 1.165) is 22.7 Å². The predicted molar refractivity (Wildman–Crippen MR) is 76.3 cm³/mol. The van der Waals surface area contributed by atoms with E-state index in [1.807, 2.05) is 25.1 Å². The van der Waals surface area contributed by atoms with E-state index in [1.165, 1.54) is 16.7 Å². The maximum Gasteiger partial charge on any atom is 0.130 e. The summed E-state index contributed by atoms with van der Waals surface area (Å²) in [5.74, 6) is 1.69. The summed E-state index contributed by atoms with van der Waals surface area (Å²) < 4.78 is 5.95. The first-order valence-corrected chi connectivity index (χ1v) is 6.08. The fourth-order valence-corrected chi connectivity index (χ4v) is 2.07. The molecule has 2 heteroatoms. The molecular formula is C16H19NO. The van der Waals surface area contributed by atoms with Gasteiger partial charge in [-0.05, 0) is 68.1 Å². The molecule has 0 spiro atoms. The Morgan fingerprint density at radius 2 is 1.50 bits per heavy atom. The molecule has 0 aliphatic rings. The fourth-order valence-electron chi connectivity index (χ4n) is 2.07. The van der Waals surface area contributed by atoms with E-state index in [4.69, 9.17) is 10.5 Å². The number of hydrogen-bond donors (Lipinski definition) is 1. The molecular weight excluding hydrogens is 222 g/mol. The van der Waals surface area contributed by atoms with Gasteiger partial charge in [0.25, 0.3) is 0 Å². The standard InChI is InChI=1S/C16H19NO/c1-10-5-12(3)13(4)16(8-10)18-15-7-11(2)6-14(17)9-15/h5-9H,17H2,1-4H3. The van der Waals surface area contributed by atoms with Crippen LogP contribution in [0, 0.1) is 27.7 Å². The van der Waals surface area contributed by atoms with Crippen molar-refractivity contribution in [1.82, 2.24) is 0 Å². The minimum Gasteiger partial charge on any atom is -0.457 e. The zero-order valence-electron chi connectivity index (χ0n) is 11.4. The quantitative estimate of drug-likeness (QED) is 0.796. The third-order valence-corrected chi connectivity index (χ3v) is 3.07. The molecule has 0 aromatic heterocycles. The molecule has 0 bridgehead atoms. The molecule has 94 valence electrons. The Morgan fingerprint density at radius 1 is 0.833 bits per heavy atom. The van der Waals surface area contributed by atoms with Crippen molar-refractivity contribution in [2.45, 2.75) is 27.7 Å². The first kappa shape index (κ1) is 12.5. The lowest BCUT2D eigenvalue weighted by molar-refractivity contribution is 0.478. The van der Waals surface area contributed by atoms with Crippen LogP contribution in [-0.4, -0.2) is 0 Å². The van der Waals surface area contributed by atoms with Crippen LogP contribution in [0.25, 0.3) is 0 Å². The fraction of sp³-hybridized carbons (Fsp3) is 0.250. The van der Waals surface area contributed by atoms with Crippen molar-refractivity contribution >= 4 is 5.69 Å². The van der Waals surface area contributed by atoms with E-state index in [-0.39, 0.29) is 0 Å². The van der Waals surface area contributed by atoms with Crippen molar-refractivity contribution in [3.8, 4) is 11.5 Å². The van der Waals surface area contributed by atoms with Gasteiger partial charge in [0.05, 0.1) is 0 Å². The molecule has 0 unspecified atom stereocenters. The lowest BCUT2D eigenvalue weighted by Crippen LogP contribution is -1.93. The number of nitrogens with two attached hydrogens (primary N) is 1. The number of hydrogen-bond acceptors (Lipinski definition) is 2. The van der Waals surface area contributed by atoms with Gasteiger partial charge in [0.1, 0.15) is 11.5 Å². The van der Waals surface area contributed by atoms with Crippen molar-refractivity contribution in [2.24, 2.45) is 0 Å². The van der Waals surface area contributed by atoms with Gasteiger partial charge in [0, 0.05) is 11.8 Å². The third kappa shape index (κ3) is 2.65. The summed E-state index contributed by atoms with van der Waals surface area (Å²) in [6.07, 6.45) is 0. The SMILES string of the molecule is Cc1cc(N)cc(Oc2cc(C)cc(C)c2C)c1. The summed E-state index contributed by atoms with van der Waals surface area (Å²) in [6, 6.07) is 9.99. The summed E-state index contributed by atoms with van der Waals surface area (Å²) in [4.78, 5) is 0. The Kier molecular flexibility index (Phi) is 3.28. The Morgan fingerprint density at radius 3 is 2.17 bits per heavy atom. The molecule has 2 aromatic rings. The average molecular weight is 241 g/mol. The number of aryl methyl sites for hydroxylation is 3. The van der Waals surface area contributed by atoms with Crippen LogP contribution in [-0.2, 0) is 0 Å². The van der Waals surface area contributed by atoms with Crippen LogP contribution in [0.1, 0.15) is 22.3 Å². The molecule has 2 aromatic carbocycles. The van der Waals surface area contributed by atoms with Gasteiger partial charge in [-0.3, -0.25) is 0 Å². The van der Waals surface area contributed by atoms with Crippen LogP contribution in [0.15, 0.2) is 30.3 Å². The highest BCUT2D eigenvalue weighted by Gasteiger charge is 2.06. The Hall–Kier alpha value is -1.96. The molecule has 2 rings (SSSR count). The minimum absolute atomic E-state index is 0.729. The predicted octanol–water partition coefficient (Wildman–Crippen LogP) is 4.29. The summed E-state index contributed by atoms with van der Waals surface area (Å²) in [6.45, 7) is 8.25. The van der Waals surface area contributed by atoms with E-state index >= 15 is 0 Å². The second-order valence-electron chi connectivity index (χ2n) is 4.89. The van der Waals surface area contributed by atoms with Gasteiger partial charge in [0.15, 0.2) is 0 Å². The van der Waals surface area contributed by atoms with Crippen molar-refractivity contribution in [2.75, 3.05) is 5.73 Å².